The Labute approximate surface area is 127 Å². The normalized spacial score (nSPS) is 10.0. The van der Waals surface area contributed by atoms with Crippen molar-refractivity contribution in [3.8, 4) is 5.75 Å². The number of benzene rings is 1. The van der Waals surface area contributed by atoms with E-state index < -0.39 is 0 Å². The highest BCUT2D eigenvalue weighted by Crippen LogP contribution is 2.23. The molecule has 0 fully saturated rings. The molecule has 20 heavy (non-hydrogen) atoms. The van der Waals surface area contributed by atoms with Crippen molar-refractivity contribution in [2.75, 3.05) is 27.2 Å². The average molecular weight is 343 g/mol. The minimum atomic E-state index is -0.234. The van der Waals surface area contributed by atoms with Crippen molar-refractivity contribution in [2.24, 2.45) is 0 Å². The number of ether oxygens (including phenoxy) is 1. The van der Waals surface area contributed by atoms with Gasteiger partial charge in [0, 0.05) is 18.1 Å². The zero-order valence-corrected chi connectivity index (χ0v) is 13.5. The Hall–Kier alpha value is -1.56. The molecule has 0 unspecified atom stereocenters. The molecule has 0 spiro atoms. The Balaban J connectivity index is 2.76. The summed E-state index contributed by atoms with van der Waals surface area (Å²) in [4.78, 5) is 25.3. The van der Waals surface area contributed by atoms with Gasteiger partial charge in [-0.2, -0.15) is 0 Å². The largest absolute Gasteiger partial charge is 0.497 e. The van der Waals surface area contributed by atoms with Gasteiger partial charge in [0.05, 0.1) is 19.2 Å². The zero-order valence-electron chi connectivity index (χ0n) is 11.9. The van der Waals surface area contributed by atoms with E-state index in [0.29, 0.717) is 22.3 Å². The molecule has 0 radical (unpaired) electrons. The van der Waals surface area contributed by atoms with Crippen LogP contribution in [-0.4, -0.2) is 44.0 Å². The molecule has 1 N–H and O–H groups in total. The molecule has 0 aliphatic heterocycles. The van der Waals surface area contributed by atoms with Crippen molar-refractivity contribution in [1.82, 2.24) is 10.2 Å². The third kappa shape index (κ3) is 4.52. The number of methoxy groups -OCH3 is 1. The van der Waals surface area contributed by atoms with Gasteiger partial charge in [-0.1, -0.05) is 6.92 Å². The summed E-state index contributed by atoms with van der Waals surface area (Å²) in [5, 5.41) is 2.74. The van der Waals surface area contributed by atoms with Crippen LogP contribution in [0.15, 0.2) is 22.7 Å². The van der Waals surface area contributed by atoms with E-state index in [2.05, 4.69) is 21.2 Å². The lowest BCUT2D eigenvalue weighted by molar-refractivity contribution is -0.121. The predicted molar refractivity (Wildman–Crippen MR) is 81.0 cm³/mol. The molecule has 0 aliphatic rings. The van der Waals surface area contributed by atoms with Crippen molar-refractivity contribution in [3.05, 3.63) is 28.2 Å². The lowest BCUT2D eigenvalue weighted by Crippen LogP contribution is -2.38. The zero-order chi connectivity index (χ0) is 15.1. The molecule has 0 saturated heterocycles. The third-order valence-corrected chi connectivity index (χ3v) is 3.40. The molecular weight excluding hydrogens is 324 g/mol. The van der Waals surface area contributed by atoms with Crippen LogP contribution in [-0.2, 0) is 4.79 Å². The van der Waals surface area contributed by atoms with Crippen molar-refractivity contribution < 1.29 is 14.3 Å². The highest BCUT2D eigenvalue weighted by Gasteiger charge is 2.17. The molecule has 0 aromatic heterocycles. The summed E-state index contributed by atoms with van der Waals surface area (Å²) < 4.78 is 5.77. The smallest absolute Gasteiger partial charge is 0.255 e. The number of halogens is 1. The Bertz CT molecular complexity index is 491. The van der Waals surface area contributed by atoms with E-state index in [0.717, 1.165) is 6.42 Å². The second-order valence-electron chi connectivity index (χ2n) is 4.36. The maximum atomic E-state index is 12.3. The van der Waals surface area contributed by atoms with Crippen LogP contribution in [0.4, 0.5) is 0 Å². The first-order valence-corrected chi connectivity index (χ1v) is 7.14. The van der Waals surface area contributed by atoms with E-state index in [1.165, 1.54) is 4.90 Å². The molecule has 0 bridgehead atoms. The fourth-order valence-corrected chi connectivity index (χ4v) is 2.02. The second kappa shape index (κ2) is 7.89. The monoisotopic (exact) mass is 342 g/mol. The Morgan fingerprint density at radius 1 is 1.40 bits per heavy atom. The number of carbonyl (C=O) groups is 2. The van der Waals surface area contributed by atoms with Gasteiger partial charge < -0.3 is 15.0 Å². The van der Waals surface area contributed by atoms with Crippen molar-refractivity contribution in [3.63, 3.8) is 0 Å². The molecule has 2 amide bonds. The van der Waals surface area contributed by atoms with Crippen LogP contribution in [0.2, 0.25) is 0 Å². The first-order chi connectivity index (χ1) is 9.49. The van der Waals surface area contributed by atoms with Crippen LogP contribution in [0.3, 0.4) is 0 Å². The lowest BCUT2D eigenvalue weighted by Gasteiger charge is -2.18. The van der Waals surface area contributed by atoms with Gasteiger partial charge in [-0.25, -0.2) is 0 Å². The van der Waals surface area contributed by atoms with Crippen LogP contribution < -0.4 is 10.1 Å². The van der Waals surface area contributed by atoms with Crippen molar-refractivity contribution in [1.29, 1.82) is 0 Å². The molecule has 0 heterocycles. The molecule has 5 nitrogen and oxygen atoms in total. The summed E-state index contributed by atoms with van der Waals surface area (Å²) in [6, 6.07) is 5.15. The van der Waals surface area contributed by atoms with Gasteiger partial charge in [0.15, 0.2) is 0 Å². The molecule has 1 aromatic rings. The molecule has 0 atom stereocenters. The van der Waals surface area contributed by atoms with Crippen molar-refractivity contribution >= 4 is 27.7 Å². The Morgan fingerprint density at radius 3 is 2.70 bits per heavy atom. The number of hydrogen-bond donors (Lipinski definition) is 1. The molecule has 6 heteroatoms. The second-order valence-corrected chi connectivity index (χ2v) is 5.21. The van der Waals surface area contributed by atoms with E-state index >= 15 is 0 Å². The fraction of sp³-hybridized carbons (Fsp3) is 0.429. The SMILES string of the molecule is CCCNC(=O)CN(C)C(=O)c1cc(OC)ccc1Br. The number of hydrogen-bond acceptors (Lipinski definition) is 3. The van der Waals surface area contributed by atoms with Crippen LogP contribution in [0.25, 0.3) is 0 Å². The molecule has 0 aliphatic carbocycles. The average Bonchev–Trinajstić information content (AvgIpc) is 2.44. The predicted octanol–water partition coefficient (Wildman–Crippen LogP) is 2.06. The highest BCUT2D eigenvalue weighted by atomic mass is 79.9. The summed E-state index contributed by atoms with van der Waals surface area (Å²) in [6.45, 7) is 2.62. The summed E-state index contributed by atoms with van der Waals surface area (Å²) in [7, 11) is 3.14. The minimum absolute atomic E-state index is 0.0302. The first kappa shape index (κ1) is 16.5. The van der Waals surface area contributed by atoms with Gasteiger partial charge in [0.25, 0.3) is 5.91 Å². The summed E-state index contributed by atoms with van der Waals surface area (Å²) >= 11 is 3.33. The van der Waals surface area contributed by atoms with E-state index in [9.17, 15) is 9.59 Å². The Morgan fingerprint density at radius 2 is 2.10 bits per heavy atom. The maximum Gasteiger partial charge on any atom is 0.255 e. The highest BCUT2D eigenvalue weighted by molar-refractivity contribution is 9.10. The molecule has 1 aromatic carbocycles. The third-order valence-electron chi connectivity index (χ3n) is 2.70. The first-order valence-electron chi connectivity index (χ1n) is 6.35. The van der Waals surface area contributed by atoms with Gasteiger partial charge >= 0.3 is 0 Å². The number of nitrogens with one attached hydrogen (secondary N) is 1. The summed E-state index contributed by atoms with van der Waals surface area (Å²) in [6.07, 6.45) is 0.866. The summed E-state index contributed by atoms with van der Waals surface area (Å²) in [5.41, 5.74) is 0.468. The number of nitrogens with zero attached hydrogens (tertiary/aromatic N) is 1. The molecule has 0 saturated carbocycles. The van der Waals surface area contributed by atoms with Crippen LogP contribution in [0.5, 0.6) is 5.75 Å². The van der Waals surface area contributed by atoms with Crippen molar-refractivity contribution in [2.45, 2.75) is 13.3 Å². The number of likely N-dealkylation sites (N-methyl/N-ethyl adjacent to an activating group) is 1. The number of amides is 2. The molecule has 1 rings (SSSR count). The van der Waals surface area contributed by atoms with Gasteiger partial charge in [0.2, 0.25) is 5.91 Å². The van der Waals surface area contributed by atoms with Gasteiger partial charge in [-0.05, 0) is 40.5 Å². The maximum absolute atomic E-state index is 12.3. The topological polar surface area (TPSA) is 58.6 Å². The summed E-state index contributed by atoms with van der Waals surface area (Å²) in [5.74, 6) is 0.199. The molecular formula is C14H19BrN2O3. The Kier molecular flexibility index (Phi) is 6.51. The van der Waals surface area contributed by atoms with E-state index in [-0.39, 0.29) is 18.4 Å². The van der Waals surface area contributed by atoms with Crippen LogP contribution in [0, 0.1) is 0 Å². The van der Waals surface area contributed by atoms with Crippen LogP contribution >= 0.6 is 15.9 Å². The van der Waals surface area contributed by atoms with Gasteiger partial charge in [-0.3, -0.25) is 9.59 Å². The minimum Gasteiger partial charge on any atom is -0.497 e. The van der Waals surface area contributed by atoms with Gasteiger partial charge in [-0.15, -0.1) is 0 Å². The standard InChI is InChI=1S/C14H19BrN2O3/c1-4-7-16-13(18)9-17(2)14(19)11-8-10(20-3)5-6-12(11)15/h5-6,8H,4,7,9H2,1-3H3,(H,16,18). The quantitative estimate of drug-likeness (QED) is 0.860. The van der Waals surface area contributed by atoms with E-state index in [1.807, 2.05) is 6.92 Å². The molecule has 110 valence electrons. The number of rotatable bonds is 6. The fourth-order valence-electron chi connectivity index (χ4n) is 1.61. The number of carbonyl (C=O) groups excluding carboxylic acids is 2. The van der Waals surface area contributed by atoms with Crippen LogP contribution in [0.1, 0.15) is 23.7 Å². The van der Waals surface area contributed by atoms with Gasteiger partial charge in [0.1, 0.15) is 5.75 Å². The van der Waals surface area contributed by atoms with E-state index in [4.69, 9.17) is 4.74 Å². The lowest BCUT2D eigenvalue weighted by atomic mass is 10.2. The van der Waals surface area contributed by atoms with E-state index in [1.54, 1.807) is 32.4 Å².